The first-order chi connectivity index (χ1) is 17.4. The van der Waals surface area contributed by atoms with E-state index in [9.17, 15) is 9.59 Å². The second-order valence-corrected chi connectivity index (χ2v) is 14.5. The average Bonchev–Trinajstić information content (AvgIpc) is 2.90. The quantitative estimate of drug-likeness (QED) is 0.170. The van der Waals surface area contributed by atoms with Crippen molar-refractivity contribution in [3.8, 4) is 0 Å². The van der Waals surface area contributed by atoms with Gasteiger partial charge in [-0.05, 0) is 21.0 Å². The Morgan fingerprint density at radius 3 is 1.75 bits per heavy atom. The molecule has 0 N–H and O–H groups in total. The molecule has 0 aromatic heterocycles. The van der Waals surface area contributed by atoms with E-state index < -0.39 is 26.6 Å². The molecule has 0 heterocycles. The molecule has 5 nitrogen and oxygen atoms in total. The van der Waals surface area contributed by atoms with Crippen LogP contribution in [0.25, 0.3) is 0 Å². The number of halogens is 1. The molecule has 0 radical (unpaired) electrons. The van der Waals surface area contributed by atoms with Crippen LogP contribution in [0, 0.1) is 0 Å². The summed E-state index contributed by atoms with van der Waals surface area (Å²) in [5, 5.41) is 2.23. The van der Waals surface area contributed by atoms with Crippen molar-refractivity contribution >= 4 is 47.4 Å². The van der Waals surface area contributed by atoms with Crippen LogP contribution in [0.1, 0.15) is 26.3 Å². The Balaban J connectivity index is 2.04. The molecule has 0 aliphatic heterocycles. The molecule has 0 unspecified atom stereocenters. The topological polar surface area (TPSA) is 61.8 Å². The van der Waals surface area contributed by atoms with E-state index in [2.05, 4.69) is 61.0 Å². The first kappa shape index (κ1) is 28.0. The first-order valence-corrected chi connectivity index (χ1v) is 14.9. The van der Waals surface area contributed by atoms with Gasteiger partial charge in [0.15, 0.2) is 18.5 Å². The lowest BCUT2D eigenvalue weighted by atomic mass is 10.1. The smallest absolute Gasteiger partial charge is 0.293 e. The van der Waals surface area contributed by atoms with Gasteiger partial charge in [-0.25, -0.2) is 0 Å². The van der Waals surface area contributed by atoms with Crippen LogP contribution in [0.2, 0.25) is 5.04 Å². The fraction of sp³-hybridized carbons (Fsp3) is 0.310. The van der Waals surface area contributed by atoms with Crippen LogP contribution in [-0.2, 0) is 30.1 Å². The van der Waals surface area contributed by atoms with Gasteiger partial charge in [0.05, 0.1) is 12.7 Å². The van der Waals surface area contributed by atoms with E-state index in [1.807, 2.05) is 66.7 Å². The van der Waals surface area contributed by atoms with E-state index in [0.29, 0.717) is 18.1 Å². The number of benzene rings is 3. The molecular formula is C29H33BrO5Si. The van der Waals surface area contributed by atoms with Crippen LogP contribution in [0.3, 0.4) is 0 Å². The molecule has 0 fully saturated rings. The Morgan fingerprint density at radius 2 is 1.33 bits per heavy atom. The number of ether oxygens (including phenoxy) is 2. The van der Waals surface area contributed by atoms with Gasteiger partial charge in [0.1, 0.15) is 0 Å². The second kappa shape index (κ2) is 13.1. The number of carbonyl (C=O) groups is 2. The third kappa shape index (κ3) is 6.40. The lowest BCUT2D eigenvalue weighted by Crippen LogP contribution is -2.69. The molecule has 0 bridgehead atoms. The van der Waals surface area contributed by atoms with Crippen LogP contribution in [-0.4, -0.2) is 44.7 Å². The van der Waals surface area contributed by atoms with Gasteiger partial charge >= 0.3 is 0 Å². The SMILES string of the molecule is CC(C)(C)[Si](O[C@H](CBr)[C@@H](OC=O)[C@H](C=O)OCc1ccccc1)(c1ccccc1)c1ccccc1. The van der Waals surface area contributed by atoms with Crippen molar-refractivity contribution in [1.82, 2.24) is 0 Å². The van der Waals surface area contributed by atoms with E-state index in [-0.39, 0.29) is 11.6 Å². The molecule has 7 heteroatoms. The normalized spacial score (nSPS) is 14.4. The zero-order chi connectivity index (χ0) is 26.0. The molecule has 3 aromatic carbocycles. The van der Waals surface area contributed by atoms with Crippen molar-refractivity contribution in [2.24, 2.45) is 0 Å². The lowest BCUT2D eigenvalue weighted by molar-refractivity contribution is -0.155. The van der Waals surface area contributed by atoms with E-state index >= 15 is 0 Å². The van der Waals surface area contributed by atoms with Gasteiger partial charge in [-0.3, -0.25) is 4.79 Å². The van der Waals surface area contributed by atoms with Gasteiger partial charge in [-0.1, -0.05) is 128 Å². The van der Waals surface area contributed by atoms with Crippen molar-refractivity contribution in [2.45, 2.75) is 50.7 Å². The highest BCUT2D eigenvalue weighted by Crippen LogP contribution is 2.38. The Hall–Kier alpha value is -2.58. The predicted molar refractivity (Wildman–Crippen MR) is 148 cm³/mol. The lowest BCUT2D eigenvalue weighted by Gasteiger charge is -2.46. The highest BCUT2D eigenvalue weighted by molar-refractivity contribution is 9.09. The van der Waals surface area contributed by atoms with E-state index in [1.165, 1.54) is 0 Å². The third-order valence-electron chi connectivity index (χ3n) is 6.22. The van der Waals surface area contributed by atoms with Gasteiger partial charge in [-0.2, -0.15) is 0 Å². The van der Waals surface area contributed by atoms with Crippen LogP contribution in [0.5, 0.6) is 0 Å². The number of alkyl halides is 1. The predicted octanol–water partition coefficient (Wildman–Crippen LogP) is 4.65. The summed E-state index contributed by atoms with van der Waals surface area (Å²) in [5.74, 6) is 0. The maximum atomic E-state index is 12.2. The average molecular weight is 570 g/mol. The molecule has 190 valence electrons. The van der Waals surface area contributed by atoms with Gasteiger partial charge in [-0.15, -0.1) is 0 Å². The highest BCUT2D eigenvalue weighted by Gasteiger charge is 2.53. The van der Waals surface area contributed by atoms with Gasteiger partial charge in [0.25, 0.3) is 14.8 Å². The van der Waals surface area contributed by atoms with Crippen LogP contribution in [0.4, 0.5) is 0 Å². The van der Waals surface area contributed by atoms with Crippen molar-refractivity contribution in [1.29, 1.82) is 0 Å². The summed E-state index contributed by atoms with van der Waals surface area (Å²) >= 11 is 3.57. The summed E-state index contributed by atoms with van der Waals surface area (Å²) < 4.78 is 18.6. The minimum absolute atomic E-state index is 0.206. The van der Waals surface area contributed by atoms with Gasteiger partial charge in [0.2, 0.25) is 0 Å². The number of carbonyl (C=O) groups excluding carboxylic acids is 2. The van der Waals surface area contributed by atoms with E-state index in [1.54, 1.807) is 0 Å². The molecule has 36 heavy (non-hydrogen) atoms. The highest BCUT2D eigenvalue weighted by atomic mass is 79.9. The molecular weight excluding hydrogens is 536 g/mol. The summed E-state index contributed by atoms with van der Waals surface area (Å²) in [5.41, 5.74) is 0.914. The Bertz CT molecular complexity index is 1030. The molecule has 3 atom stereocenters. The van der Waals surface area contributed by atoms with Crippen molar-refractivity contribution in [3.63, 3.8) is 0 Å². The molecule has 0 saturated heterocycles. The molecule has 3 rings (SSSR count). The minimum atomic E-state index is -2.97. The second-order valence-electron chi connectivity index (χ2n) is 9.57. The molecule has 0 aliphatic rings. The Labute approximate surface area is 223 Å². The fourth-order valence-electron chi connectivity index (χ4n) is 4.52. The molecule has 0 amide bonds. The van der Waals surface area contributed by atoms with Crippen LogP contribution >= 0.6 is 15.9 Å². The minimum Gasteiger partial charge on any atom is -0.459 e. The third-order valence-corrected chi connectivity index (χ3v) is 11.9. The van der Waals surface area contributed by atoms with Crippen molar-refractivity contribution in [3.05, 3.63) is 96.6 Å². The van der Waals surface area contributed by atoms with Crippen LogP contribution < -0.4 is 10.4 Å². The molecule has 3 aromatic rings. The summed E-state index contributed by atoms with van der Waals surface area (Å²) in [6.45, 7) is 7.07. The number of aldehydes is 1. The summed E-state index contributed by atoms with van der Waals surface area (Å²) in [6, 6.07) is 29.9. The number of hydrogen-bond donors (Lipinski definition) is 0. The van der Waals surface area contributed by atoms with Gasteiger partial charge < -0.3 is 18.7 Å². The van der Waals surface area contributed by atoms with Crippen molar-refractivity contribution < 1.29 is 23.5 Å². The van der Waals surface area contributed by atoms with Gasteiger partial charge in [0, 0.05) is 5.33 Å². The maximum Gasteiger partial charge on any atom is 0.293 e. The van der Waals surface area contributed by atoms with Crippen molar-refractivity contribution in [2.75, 3.05) is 5.33 Å². The van der Waals surface area contributed by atoms with E-state index in [4.69, 9.17) is 13.9 Å². The zero-order valence-corrected chi connectivity index (χ0v) is 23.5. The Kier molecular flexibility index (Phi) is 10.2. The summed E-state index contributed by atoms with van der Waals surface area (Å²) in [7, 11) is -2.97. The summed E-state index contributed by atoms with van der Waals surface area (Å²) in [6.07, 6.45) is -1.91. The Morgan fingerprint density at radius 1 is 0.833 bits per heavy atom. The maximum absolute atomic E-state index is 12.2. The first-order valence-electron chi connectivity index (χ1n) is 11.9. The molecule has 0 spiro atoms. The standard InChI is InChI=1S/C29H33BrO5Si/c1-29(2,3)36(24-15-9-5-10-16-24,25-17-11-6-12-18-25)35-26(19-30)28(34-22-32)27(20-31)33-21-23-13-7-4-8-14-23/h4-18,20,22,26-28H,19,21H2,1-3H3/t26-,27+,28-/m1/s1. The van der Waals surface area contributed by atoms with Crippen LogP contribution in [0.15, 0.2) is 91.0 Å². The zero-order valence-electron chi connectivity index (χ0n) is 20.9. The molecule has 0 aliphatic carbocycles. The summed E-state index contributed by atoms with van der Waals surface area (Å²) in [4.78, 5) is 23.8. The number of rotatable bonds is 13. The number of hydrogen-bond acceptors (Lipinski definition) is 5. The van der Waals surface area contributed by atoms with E-state index in [0.717, 1.165) is 15.9 Å². The monoisotopic (exact) mass is 568 g/mol. The fourth-order valence-corrected chi connectivity index (χ4v) is 9.95. The largest absolute Gasteiger partial charge is 0.459 e. The molecule has 0 saturated carbocycles.